The van der Waals surface area contributed by atoms with Crippen LogP contribution in [0.5, 0.6) is 0 Å². The molecule has 0 rings (SSSR count). The lowest BCUT2D eigenvalue weighted by Crippen LogP contribution is -2.09. The van der Waals surface area contributed by atoms with Gasteiger partial charge in [0.2, 0.25) is 0 Å². The third-order valence-electron chi connectivity index (χ3n) is 6.35. The van der Waals surface area contributed by atoms with Crippen LogP contribution in [0.2, 0.25) is 0 Å². The van der Waals surface area contributed by atoms with Crippen molar-refractivity contribution in [1.29, 1.82) is 0 Å². The molecule has 32 heavy (non-hydrogen) atoms. The third kappa shape index (κ3) is 22.1. The lowest BCUT2D eigenvalue weighted by Gasteiger charge is -2.14. The molecule has 0 spiro atoms. The summed E-state index contributed by atoms with van der Waals surface area (Å²) in [5.74, 6) is 0.575. The highest BCUT2D eigenvalue weighted by Gasteiger charge is 2.10. The second-order valence-corrected chi connectivity index (χ2v) is 9.39. The van der Waals surface area contributed by atoms with E-state index >= 15 is 0 Å². The standard InChI is InChI=1S/C28H54O4/c1-4-7-9-14-18-24-31-27(29)21-17-13-11-12-16-20-26(6-3)22-23-28(30)32-25-19-15-10-8-5-2/h26H,4-25H2,1-3H3. The molecule has 0 saturated carbocycles. The maximum absolute atomic E-state index is 11.9. The summed E-state index contributed by atoms with van der Waals surface area (Å²) in [4.78, 5) is 23.7. The van der Waals surface area contributed by atoms with Crippen molar-refractivity contribution in [3.63, 3.8) is 0 Å². The molecular formula is C28H54O4. The van der Waals surface area contributed by atoms with Crippen LogP contribution in [0.3, 0.4) is 0 Å². The van der Waals surface area contributed by atoms with Gasteiger partial charge < -0.3 is 9.47 Å². The fourth-order valence-corrected chi connectivity index (χ4v) is 4.03. The van der Waals surface area contributed by atoms with Crippen LogP contribution in [0.25, 0.3) is 0 Å². The van der Waals surface area contributed by atoms with Crippen LogP contribution in [0.1, 0.15) is 149 Å². The zero-order valence-corrected chi connectivity index (χ0v) is 21.8. The lowest BCUT2D eigenvalue weighted by atomic mass is 9.93. The molecule has 0 heterocycles. The van der Waals surface area contributed by atoms with Gasteiger partial charge in [0.25, 0.3) is 0 Å². The minimum absolute atomic E-state index is 0.0215. The lowest BCUT2D eigenvalue weighted by molar-refractivity contribution is -0.145. The van der Waals surface area contributed by atoms with Gasteiger partial charge >= 0.3 is 11.9 Å². The normalized spacial score (nSPS) is 12.0. The van der Waals surface area contributed by atoms with Crippen LogP contribution in [0, 0.1) is 5.92 Å². The first-order valence-corrected chi connectivity index (χ1v) is 13.9. The van der Waals surface area contributed by atoms with Crippen LogP contribution in [-0.2, 0) is 19.1 Å². The molecule has 190 valence electrons. The van der Waals surface area contributed by atoms with Crippen molar-refractivity contribution in [3.05, 3.63) is 0 Å². The van der Waals surface area contributed by atoms with E-state index in [4.69, 9.17) is 9.47 Å². The number of esters is 2. The van der Waals surface area contributed by atoms with Gasteiger partial charge in [-0.15, -0.1) is 0 Å². The molecule has 0 aromatic heterocycles. The van der Waals surface area contributed by atoms with Gasteiger partial charge in [-0.25, -0.2) is 0 Å². The molecule has 1 atom stereocenters. The number of hydrogen-bond donors (Lipinski definition) is 0. The predicted molar refractivity (Wildman–Crippen MR) is 135 cm³/mol. The van der Waals surface area contributed by atoms with E-state index in [-0.39, 0.29) is 11.9 Å². The highest BCUT2D eigenvalue weighted by molar-refractivity contribution is 5.69. The Labute approximate surface area is 199 Å². The summed E-state index contributed by atoms with van der Waals surface area (Å²) in [7, 11) is 0. The fourth-order valence-electron chi connectivity index (χ4n) is 4.03. The minimum atomic E-state index is -0.0283. The molecule has 0 aliphatic heterocycles. The van der Waals surface area contributed by atoms with Crippen molar-refractivity contribution in [2.24, 2.45) is 5.92 Å². The summed E-state index contributed by atoms with van der Waals surface area (Å²) in [5.41, 5.74) is 0. The number of rotatable bonds is 24. The van der Waals surface area contributed by atoms with E-state index < -0.39 is 0 Å². The fraction of sp³-hybridized carbons (Fsp3) is 0.929. The Hall–Kier alpha value is -1.06. The Bertz CT molecular complexity index is 422. The average molecular weight is 455 g/mol. The summed E-state index contributed by atoms with van der Waals surface area (Å²) >= 11 is 0. The molecule has 0 aliphatic carbocycles. The van der Waals surface area contributed by atoms with Crippen LogP contribution < -0.4 is 0 Å². The van der Waals surface area contributed by atoms with Gasteiger partial charge in [-0.05, 0) is 31.6 Å². The number of ether oxygens (including phenoxy) is 2. The molecule has 0 aliphatic rings. The molecule has 0 fully saturated rings. The first kappa shape index (κ1) is 30.9. The largest absolute Gasteiger partial charge is 0.466 e. The Kier molecular flexibility index (Phi) is 23.8. The predicted octanol–water partition coefficient (Wildman–Crippen LogP) is 8.55. The van der Waals surface area contributed by atoms with Gasteiger partial charge in [0.05, 0.1) is 13.2 Å². The first-order valence-electron chi connectivity index (χ1n) is 13.9. The van der Waals surface area contributed by atoms with E-state index in [2.05, 4.69) is 20.8 Å². The van der Waals surface area contributed by atoms with Crippen LogP contribution in [0.4, 0.5) is 0 Å². The van der Waals surface area contributed by atoms with E-state index in [0.717, 1.165) is 38.5 Å². The van der Waals surface area contributed by atoms with E-state index in [9.17, 15) is 9.59 Å². The molecule has 4 heteroatoms. The summed E-state index contributed by atoms with van der Waals surface area (Å²) < 4.78 is 10.7. The topological polar surface area (TPSA) is 52.6 Å². The quantitative estimate of drug-likeness (QED) is 0.108. The SMILES string of the molecule is CCCCCCCOC(=O)CCCCCCCC(CC)CCC(=O)OCCCCCCC. The van der Waals surface area contributed by atoms with E-state index in [1.807, 2.05) is 0 Å². The maximum atomic E-state index is 11.9. The highest BCUT2D eigenvalue weighted by atomic mass is 16.5. The number of unbranched alkanes of at least 4 members (excludes halogenated alkanes) is 12. The van der Waals surface area contributed by atoms with Gasteiger partial charge in [-0.3, -0.25) is 9.59 Å². The molecule has 0 amide bonds. The Balaban J connectivity index is 3.52. The van der Waals surface area contributed by atoms with Gasteiger partial charge in [0, 0.05) is 12.8 Å². The van der Waals surface area contributed by atoms with Crippen molar-refractivity contribution in [1.82, 2.24) is 0 Å². The van der Waals surface area contributed by atoms with Crippen LogP contribution >= 0.6 is 0 Å². The molecule has 1 unspecified atom stereocenters. The zero-order chi connectivity index (χ0) is 23.7. The number of carbonyl (C=O) groups excluding carboxylic acids is 2. The van der Waals surface area contributed by atoms with E-state index in [1.54, 1.807) is 0 Å². The van der Waals surface area contributed by atoms with Crippen molar-refractivity contribution in [3.8, 4) is 0 Å². The molecular weight excluding hydrogens is 400 g/mol. The zero-order valence-electron chi connectivity index (χ0n) is 21.8. The Morgan fingerprint density at radius 3 is 1.56 bits per heavy atom. The van der Waals surface area contributed by atoms with Crippen LogP contribution in [-0.4, -0.2) is 25.2 Å². The van der Waals surface area contributed by atoms with E-state index in [1.165, 1.54) is 77.0 Å². The highest BCUT2D eigenvalue weighted by Crippen LogP contribution is 2.20. The molecule has 0 saturated heterocycles. The van der Waals surface area contributed by atoms with E-state index in [0.29, 0.717) is 32.0 Å². The number of carbonyl (C=O) groups is 2. The monoisotopic (exact) mass is 454 g/mol. The van der Waals surface area contributed by atoms with Gasteiger partial charge in [0.15, 0.2) is 0 Å². The molecule has 0 N–H and O–H groups in total. The van der Waals surface area contributed by atoms with Crippen molar-refractivity contribution in [2.75, 3.05) is 13.2 Å². The molecule has 0 bridgehead atoms. The molecule has 0 aromatic rings. The summed E-state index contributed by atoms with van der Waals surface area (Å²) in [6.07, 6.45) is 21.9. The Morgan fingerprint density at radius 1 is 0.531 bits per heavy atom. The summed E-state index contributed by atoms with van der Waals surface area (Å²) in [5, 5.41) is 0. The minimum Gasteiger partial charge on any atom is -0.466 e. The Morgan fingerprint density at radius 2 is 1.00 bits per heavy atom. The van der Waals surface area contributed by atoms with Crippen LogP contribution in [0.15, 0.2) is 0 Å². The summed E-state index contributed by atoms with van der Waals surface area (Å²) in [6.45, 7) is 7.82. The number of hydrogen-bond acceptors (Lipinski definition) is 4. The van der Waals surface area contributed by atoms with Crippen molar-refractivity contribution < 1.29 is 19.1 Å². The summed E-state index contributed by atoms with van der Waals surface area (Å²) in [6, 6.07) is 0. The molecule has 4 nitrogen and oxygen atoms in total. The first-order chi connectivity index (χ1) is 15.6. The van der Waals surface area contributed by atoms with Crippen molar-refractivity contribution >= 4 is 11.9 Å². The molecule has 0 aromatic carbocycles. The second-order valence-electron chi connectivity index (χ2n) is 9.39. The average Bonchev–Trinajstić information content (AvgIpc) is 2.79. The van der Waals surface area contributed by atoms with Gasteiger partial charge in [-0.1, -0.05) is 111 Å². The van der Waals surface area contributed by atoms with Crippen molar-refractivity contribution in [2.45, 2.75) is 149 Å². The van der Waals surface area contributed by atoms with Gasteiger partial charge in [0.1, 0.15) is 0 Å². The maximum Gasteiger partial charge on any atom is 0.305 e. The smallest absolute Gasteiger partial charge is 0.305 e. The molecule has 0 radical (unpaired) electrons. The third-order valence-corrected chi connectivity index (χ3v) is 6.35. The van der Waals surface area contributed by atoms with Gasteiger partial charge in [-0.2, -0.15) is 0 Å². The second kappa shape index (κ2) is 24.6.